The second-order valence-corrected chi connectivity index (χ2v) is 1.04. The van der Waals surface area contributed by atoms with Crippen molar-refractivity contribution in [3.05, 3.63) is 6.92 Å². The second kappa shape index (κ2) is 6.43. The summed E-state index contributed by atoms with van der Waals surface area (Å²) in [5, 5.41) is 0. The summed E-state index contributed by atoms with van der Waals surface area (Å²) in [6, 6.07) is 0. The van der Waals surface area contributed by atoms with Crippen LogP contribution < -0.4 is 0 Å². The molecule has 0 amide bonds. The fraction of sp³-hybridized carbons (Fsp3) is 0.600. The van der Waals surface area contributed by atoms with E-state index in [0.29, 0.717) is 13.2 Å². The summed E-state index contributed by atoms with van der Waals surface area (Å²) in [4.78, 5) is 9.35. The Kier molecular flexibility index (Phi) is 5.97. The van der Waals surface area contributed by atoms with Gasteiger partial charge in [-0.3, -0.25) is 0 Å². The van der Waals surface area contributed by atoms with E-state index in [9.17, 15) is 4.79 Å². The molecular weight excluding hydrogens is 108 g/mol. The van der Waals surface area contributed by atoms with Gasteiger partial charge in [0.2, 0.25) is 0 Å². The van der Waals surface area contributed by atoms with Crippen molar-refractivity contribution in [1.82, 2.24) is 0 Å². The Balaban J connectivity index is 2.62. The number of carbonyl (C=O) groups excluding carboxylic acids is 1. The fourth-order valence-electron chi connectivity index (χ4n) is 0.244. The van der Waals surface area contributed by atoms with E-state index in [0.717, 1.165) is 0 Å². The number of rotatable bonds is 5. The highest BCUT2D eigenvalue weighted by Gasteiger charge is 1.82. The topological polar surface area (TPSA) is 35.5 Å². The summed E-state index contributed by atoms with van der Waals surface area (Å²) < 4.78 is 8.90. The third-order valence-corrected chi connectivity index (χ3v) is 0.533. The minimum atomic E-state index is 0.263. The van der Waals surface area contributed by atoms with Crippen molar-refractivity contribution in [2.45, 2.75) is 0 Å². The maximum Gasteiger partial charge on any atom is 0.417 e. The van der Waals surface area contributed by atoms with E-state index in [4.69, 9.17) is 4.74 Å². The van der Waals surface area contributed by atoms with Crippen LogP contribution in [0.1, 0.15) is 0 Å². The molecule has 0 aliphatic carbocycles. The Morgan fingerprint density at radius 1 is 1.50 bits per heavy atom. The van der Waals surface area contributed by atoms with E-state index < -0.39 is 0 Å². The zero-order valence-electron chi connectivity index (χ0n) is 4.55. The largest absolute Gasteiger partial charge is 0.455 e. The van der Waals surface area contributed by atoms with Crippen LogP contribution in [0.3, 0.4) is 0 Å². The first-order valence-electron chi connectivity index (χ1n) is 2.27. The number of hydrogen-bond acceptors (Lipinski definition) is 3. The van der Waals surface area contributed by atoms with Crippen LogP contribution in [0.4, 0.5) is 0 Å². The van der Waals surface area contributed by atoms with Crippen molar-refractivity contribution >= 4 is 6.47 Å². The van der Waals surface area contributed by atoms with Crippen molar-refractivity contribution in [2.24, 2.45) is 0 Å². The lowest BCUT2D eigenvalue weighted by Crippen LogP contribution is -2.01. The Labute approximate surface area is 48.6 Å². The standard InChI is InChI=1S/C5H8O3/c1-2-7-3-4-8-5-6/h1-4H2. The lowest BCUT2D eigenvalue weighted by atomic mass is 10.7. The molecule has 8 heavy (non-hydrogen) atoms. The first kappa shape index (κ1) is 7.43. The van der Waals surface area contributed by atoms with Crippen LogP contribution >= 0.6 is 0 Å². The van der Waals surface area contributed by atoms with Crippen LogP contribution in [-0.4, -0.2) is 26.3 Å². The molecule has 0 saturated carbocycles. The molecule has 0 rings (SSSR count). The molecule has 0 fully saturated rings. The van der Waals surface area contributed by atoms with E-state index in [1.54, 1.807) is 0 Å². The summed E-state index contributed by atoms with van der Waals surface area (Å²) in [6.45, 7) is 5.75. The summed E-state index contributed by atoms with van der Waals surface area (Å²) in [7, 11) is 0. The molecule has 0 aliphatic heterocycles. The van der Waals surface area contributed by atoms with Gasteiger partial charge in [-0.05, 0) is 6.92 Å². The molecule has 2 radical (unpaired) electrons. The normalized spacial score (nSPS) is 8.62. The van der Waals surface area contributed by atoms with E-state index in [-0.39, 0.29) is 6.61 Å². The molecule has 0 aromatic rings. The third kappa shape index (κ3) is 5.43. The fourth-order valence-corrected chi connectivity index (χ4v) is 0.244. The molecule has 0 unspecified atom stereocenters. The first-order valence-corrected chi connectivity index (χ1v) is 2.27. The summed E-state index contributed by atoms with van der Waals surface area (Å²) in [5.74, 6) is 0. The van der Waals surface area contributed by atoms with Gasteiger partial charge < -0.3 is 9.47 Å². The van der Waals surface area contributed by atoms with Gasteiger partial charge in [0.15, 0.2) is 0 Å². The molecule has 0 aliphatic rings. The predicted octanol–water partition coefficient (Wildman–Crippen LogP) is -0.0791. The maximum absolute atomic E-state index is 9.35. The van der Waals surface area contributed by atoms with Crippen molar-refractivity contribution in [1.29, 1.82) is 0 Å². The Hall–Kier alpha value is -0.570. The average molecular weight is 116 g/mol. The molecule has 0 N–H and O–H groups in total. The molecular formula is C5H8O3. The quantitative estimate of drug-likeness (QED) is 0.471. The van der Waals surface area contributed by atoms with Crippen molar-refractivity contribution < 1.29 is 14.3 Å². The highest BCUT2D eigenvalue weighted by atomic mass is 16.5. The smallest absolute Gasteiger partial charge is 0.417 e. The zero-order chi connectivity index (χ0) is 6.24. The first-order chi connectivity index (χ1) is 3.91. The molecule has 0 atom stereocenters. The van der Waals surface area contributed by atoms with Gasteiger partial charge >= 0.3 is 6.47 Å². The van der Waals surface area contributed by atoms with Crippen molar-refractivity contribution in [3.63, 3.8) is 0 Å². The van der Waals surface area contributed by atoms with Crippen LogP contribution in [0, 0.1) is 6.92 Å². The minimum Gasteiger partial charge on any atom is -0.455 e. The summed E-state index contributed by atoms with van der Waals surface area (Å²) in [6.07, 6.45) is 0. The highest BCUT2D eigenvalue weighted by molar-refractivity contribution is 5.37. The van der Waals surface area contributed by atoms with Crippen LogP contribution in [0.5, 0.6) is 0 Å². The van der Waals surface area contributed by atoms with Crippen LogP contribution in [0.2, 0.25) is 0 Å². The van der Waals surface area contributed by atoms with E-state index >= 15 is 0 Å². The van der Waals surface area contributed by atoms with E-state index in [1.165, 1.54) is 6.47 Å². The maximum atomic E-state index is 9.35. The van der Waals surface area contributed by atoms with Gasteiger partial charge in [0.25, 0.3) is 0 Å². The summed E-state index contributed by atoms with van der Waals surface area (Å²) in [5.41, 5.74) is 0. The van der Waals surface area contributed by atoms with Gasteiger partial charge in [-0.2, -0.15) is 0 Å². The van der Waals surface area contributed by atoms with Crippen molar-refractivity contribution in [3.8, 4) is 0 Å². The minimum absolute atomic E-state index is 0.263. The molecule has 46 valence electrons. The van der Waals surface area contributed by atoms with Gasteiger partial charge in [0, 0.05) is 6.61 Å². The predicted molar refractivity (Wildman–Crippen MR) is 27.8 cm³/mol. The monoisotopic (exact) mass is 116 g/mol. The van der Waals surface area contributed by atoms with Gasteiger partial charge in [-0.1, -0.05) is 0 Å². The van der Waals surface area contributed by atoms with Gasteiger partial charge in [0.05, 0.1) is 6.61 Å². The highest BCUT2D eigenvalue weighted by Crippen LogP contribution is 1.72. The van der Waals surface area contributed by atoms with E-state index in [2.05, 4.69) is 11.7 Å². The Morgan fingerprint density at radius 3 is 2.75 bits per heavy atom. The Bertz CT molecular complexity index is 53.6. The number of hydrogen-bond donors (Lipinski definition) is 0. The molecule has 0 bridgehead atoms. The van der Waals surface area contributed by atoms with Gasteiger partial charge in [0.1, 0.15) is 6.61 Å². The molecule has 3 nitrogen and oxygen atoms in total. The second-order valence-electron chi connectivity index (χ2n) is 1.04. The van der Waals surface area contributed by atoms with Crippen molar-refractivity contribution in [2.75, 3.05) is 19.8 Å². The SMILES string of the molecule is [CH2]COCCO[C]=O. The summed E-state index contributed by atoms with van der Waals surface area (Å²) >= 11 is 0. The molecule has 0 heterocycles. The molecule has 0 aromatic heterocycles. The van der Waals surface area contributed by atoms with E-state index in [1.807, 2.05) is 0 Å². The third-order valence-electron chi connectivity index (χ3n) is 0.533. The molecule has 0 aromatic carbocycles. The van der Waals surface area contributed by atoms with Crippen LogP contribution in [-0.2, 0) is 14.3 Å². The molecule has 3 heteroatoms. The van der Waals surface area contributed by atoms with Crippen LogP contribution in [0.15, 0.2) is 0 Å². The van der Waals surface area contributed by atoms with Crippen LogP contribution in [0.25, 0.3) is 0 Å². The average Bonchev–Trinajstić information content (AvgIpc) is 1.81. The Morgan fingerprint density at radius 2 is 2.25 bits per heavy atom. The molecule has 0 saturated heterocycles. The number of ether oxygens (including phenoxy) is 2. The van der Waals surface area contributed by atoms with Gasteiger partial charge in [-0.25, -0.2) is 4.79 Å². The lowest BCUT2D eigenvalue weighted by molar-refractivity contribution is 0.113. The lowest BCUT2D eigenvalue weighted by Gasteiger charge is -1.95. The molecule has 0 spiro atoms. The zero-order valence-corrected chi connectivity index (χ0v) is 4.55. The van der Waals surface area contributed by atoms with Gasteiger partial charge in [-0.15, -0.1) is 0 Å².